The van der Waals surface area contributed by atoms with Crippen molar-refractivity contribution in [2.75, 3.05) is 19.6 Å². The lowest BCUT2D eigenvalue weighted by Gasteiger charge is -2.34. The Balaban J connectivity index is 2.14. The Hall–Kier alpha value is -0.620. The van der Waals surface area contributed by atoms with Crippen LogP contribution in [0.3, 0.4) is 0 Å². The number of hydrogen-bond acceptors (Lipinski definition) is 3. The summed E-state index contributed by atoms with van der Waals surface area (Å²) in [6.45, 7) is 6.52. The zero-order valence-corrected chi connectivity index (χ0v) is 14.9. The Labute approximate surface area is 138 Å². The normalized spacial score (nSPS) is 18.3. The van der Waals surface area contributed by atoms with E-state index in [1.54, 1.807) is 12.1 Å². The van der Waals surface area contributed by atoms with Crippen molar-refractivity contribution in [3.8, 4) is 0 Å². The van der Waals surface area contributed by atoms with Gasteiger partial charge in [-0.05, 0) is 55.5 Å². The molecule has 0 bridgehead atoms. The highest BCUT2D eigenvalue weighted by Gasteiger charge is 2.29. The lowest BCUT2D eigenvalue weighted by molar-refractivity contribution is 0.232. The first kappa shape index (κ1) is 17.7. The number of piperidine rings is 1. The third kappa shape index (κ3) is 4.44. The molecule has 0 aromatic heterocycles. The van der Waals surface area contributed by atoms with Crippen molar-refractivity contribution in [3.05, 3.63) is 28.8 Å². The number of halogens is 1. The average molecular weight is 345 g/mol. The minimum absolute atomic E-state index is 0.00578. The largest absolute Gasteiger partial charge is 0.317 e. The van der Waals surface area contributed by atoms with Gasteiger partial charge in [0.1, 0.15) is 4.90 Å². The topological polar surface area (TPSA) is 58.2 Å². The first-order valence-electron chi connectivity index (χ1n) is 7.85. The fraction of sp³-hybridized carbons (Fsp3) is 0.625. The van der Waals surface area contributed by atoms with E-state index >= 15 is 0 Å². The highest BCUT2D eigenvalue weighted by molar-refractivity contribution is 7.89. The van der Waals surface area contributed by atoms with Crippen molar-refractivity contribution in [2.24, 2.45) is 5.41 Å². The zero-order chi connectivity index (χ0) is 16.2. The molecule has 0 aliphatic carbocycles. The van der Waals surface area contributed by atoms with Crippen LogP contribution in [0.15, 0.2) is 23.1 Å². The molecule has 124 valence electrons. The van der Waals surface area contributed by atoms with Crippen LogP contribution in [0, 0.1) is 5.41 Å². The van der Waals surface area contributed by atoms with Gasteiger partial charge in [0.2, 0.25) is 10.0 Å². The molecular weight excluding hydrogens is 320 g/mol. The molecule has 0 amide bonds. The van der Waals surface area contributed by atoms with Gasteiger partial charge in [0, 0.05) is 6.54 Å². The van der Waals surface area contributed by atoms with E-state index in [1.807, 2.05) is 6.07 Å². The van der Waals surface area contributed by atoms with Crippen LogP contribution < -0.4 is 10.0 Å². The molecule has 0 saturated carbocycles. The monoisotopic (exact) mass is 344 g/mol. The standard InChI is InChI=1S/C16H25ClN2O2S/c1-3-4-13-5-6-14(17)15(11-13)22(20,21)19-12-16(2)7-9-18-10-8-16/h5-6,11,18-19H,3-4,7-10,12H2,1-2H3. The molecule has 1 aliphatic heterocycles. The highest BCUT2D eigenvalue weighted by atomic mass is 35.5. The second-order valence-electron chi connectivity index (χ2n) is 6.40. The van der Waals surface area contributed by atoms with Crippen LogP contribution in [0.2, 0.25) is 5.02 Å². The van der Waals surface area contributed by atoms with Gasteiger partial charge in [0.05, 0.1) is 5.02 Å². The van der Waals surface area contributed by atoms with E-state index in [9.17, 15) is 8.42 Å². The molecule has 22 heavy (non-hydrogen) atoms. The molecule has 1 aromatic carbocycles. The fourth-order valence-corrected chi connectivity index (χ4v) is 4.50. The fourth-order valence-electron chi connectivity index (χ4n) is 2.75. The molecule has 1 aliphatic rings. The predicted molar refractivity (Wildman–Crippen MR) is 90.8 cm³/mol. The number of aryl methyl sites for hydroxylation is 1. The molecule has 1 heterocycles. The summed E-state index contributed by atoms with van der Waals surface area (Å²) >= 11 is 6.11. The molecule has 0 radical (unpaired) electrons. The van der Waals surface area contributed by atoms with Crippen LogP contribution >= 0.6 is 11.6 Å². The minimum Gasteiger partial charge on any atom is -0.317 e. The maximum absolute atomic E-state index is 12.6. The first-order valence-corrected chi connectivity index (χ1v) is 9.71. The van der Waals surface area contributed by atoms with Gasteiger partial charge < -0.3 is 5.32 Å². The van der Waals surface area contributed by atoms with E-state index < -0.39 is 10.0 Å². The Morgan fingerprint density at radius 2 is 2.00 bits per heavy atom. The quantitative estimate of drug-likeness (QED) is 0.834. The smallest absolute Gasteiger partial charge is 0.242 e. The Morgan fingerprint density at radius 3 is 2.64 bits per heavy atom. The van der Waals surface area contributed by atoms with Crippen LogP contribution in [0.1, 0.15) is 38.7 Å². The predicted octanol–water partition coefficient (Wildman–Crippen LogP) is 2.96. The van der Waals surface area contributed by atoms with E-state index in [0.29, 0.717) is 6.54 Å². The summed E-state index contributed by atoms with van der Waals surface area (Å²) in [4.78, 5) is 0.192. The molecular formula is C16H25ClN2O2S. The van der Waals surface area contributed by atoms with Crippen molar-refractivity contribution in [2.45, 2.75) is 44.4 Å². The van der Waals surface area contributed by atoms with E-state index in [1.165, 1.54) is 0 Å². The van der Waals surface area contributed by atoms with Gasteiger partial charge in [-0.15, -0.1) is 0 Å². The third-order valence-corrected chi connectivity index (χ3v) is 6.21. The number of benzene rings is 1. The molecule has 4 nitrogen and oxygen atoms in total. The number of rotatable bonds is 6. The van der Waals surface area contributed by atoms with Crippen LogP contribution in [-0.2, 0) is 16.4 Å². The van der Waals surface area contributed by atoms with E-state index in [4.69, 9.17) is 11.6 Å². The first-order chi connectivity index (χ1) is 10.4. The Bertz CT molecular complexity index is 611. The van der Waals surface area contributed by atoms with E-state index in [-0.39, 0.29) is 15.3 Å². The van der Waals surface area contributed by atoms with Gasteiger partial charge in [0.15, 0.2) is 0 Å². The summed E-state index contributed by atoms with van der Waals surface area (Å²) in [5.74, 6) is 0. The molecule has 0 unspecified atom stereocenters. The molecule has 1 saturated heterocycles. The molecule has 2 rings (SSSR count). The lowest BCUT2D eigenvalue weighted by atomic mass is 9.81. The second-order valence-corrected chi connectivity index (χ2v) is 8.54. The van der Waals surface area contributed by atoms with Crippen LogP contribution in [0.4, 0.5) is 0 Å². The van der Waals surface area contributed by atoms with Crippen molar-refractivity contribution in [3.63, 3.8) is 0 Å². The summed E-state index contributed by atoms with van der Waals surface area (Å²) in [7, 11) is -3.57. The van der Waals surface area contributed by atoms with Gasteiger partial charge >= 0.3 is 0 Å². The maximum atomic E-state index is 12.6. The average Bonchev–Trinajstić information content (AvgIpc) is 2.48. The Kier molecular flexibility index (Phi) is 5.88. The van der Waals surface area contributed by atoms with E-state index in [0.717, 1.165) is 44.3 Å². The summed E-state index contributed by atoms with van der Waals surface area (Å²) in [5.41, 5.74) is 1.01. The summed E-state index contributed by atoms with van der Waals surface area (Å²) < 4.78 is 27.9. The maximum Gasteiger partial charge on any atom is 0.242 e. The minimum atomic E-state index is -3.57. The molecule has 0 spiro atoms. The summed E-state index contributed by atoms with van der Waals surface area (Å²) in [5, 5.41) is 3.58. The molecule has 1 fully saturated rings. The van der Waals surface area contributed by atoms with Crippen molar-refractivity contribution < 1.29 is 8.42 Å². The second kappa shape index (κ2) is 7.30. The van der Waals surface area contributed by atoms with Gasteiger partial charge in [-0.1, -0.05) is 37.9 Å². The lowest BCUT2D eigenvalue weighted by Crippen LogP contribution is -2.42. The highest BCUT2D eigenvalue weighted by Crippen LogP contribution is 2.28. The summed E-state index contributed by atoms with van der Waals surface area (Å²) in [6, 6.07) is 5.26. The summed E-state index contributed by atoms with van der Waals surface area (Å²) in [6.07, 6.45) is 3.76. The van der Waals surface area contributed by atoms with Crippen molar-refractivity contribution in [1.29, 1.82) is 0 Å². The van der Waals surface area contributed by atoms with Gasteiger partial charge in [-0.2, -0.15) is 0 Å². The molecule has 6 heteroatoms. The zero-order valence-electron chi connectivity index (χ0n) is 13.3. The molecule has 2 N–H and O–H groups in total. The molecule has 1 aromatic rings. The van der Waals surface area contributed by atoms with Crippen molar-refractivity contribution in [1.82, 2.24) is 10.0 Å². The molecule has 0 atom stereocenters. The van der Waals surface area contributed by atoms with Gasteiger partial charge in [-0.3, -0.25) is 0 Å². The van der Waals surface area contributed by atoms with Gasteiger partial charge in [0.25, 0.3) is 0 Å². The van der Waals surface area contributed by atoms with Crippen LogP contribution in [0.5, 0.6) is 0 Å². The van der Waals surface area contributed by atoms with Crippen LogP contribution in [0.25, 0.3) is 0 Å². The SMILES string of the molecule is CCCc1ccc(Cl)c(S(=O)(=O)NCC2(C)CCNCC2)c1. The van der Waals surface area contributed by atoms with Gasteiger partial charge in [-0.25, -0.2) is 13.1 Å². The Morgan fingerprint density at radius 1 is 1.32 bits per heavy atom. The number of nitrogens with one attached hydrogen (secondary N) is 2. The van der Waals surface area contributed by atoms with E-state index in [2.05, 4.69) is 23.9 Å². The number of hydrogen-bond donors (Lipinski definition) is 2. The van der Waals surface area contributed by atoms with Crippen LogP contribution in [-0.4, -0.2) is 28.1 Å². The number of sulfonamides is 1. The van der Waals surface area contributed by atoms with Crippen molar-refractivity contribution >= 4 is 21.6 Å². The third-order valence-electron chi connectivity index (χ3n) is 4.32.